The number of pyridine rings is 1. The van der Waals surface area contributed by atoms with Crippen molar-refractivity contribution in [3.63, 3.8) is 0 Å². The molecule has 1 aromatic heterocycles. The van der Waals surface area contributed by atoms with E-state index in [0.29, 0.717) is 24.8 Å². The Bertz CT molecular complexity index is 1070. The average molecular weight is 430 g/mol. The van der Waals surface area contributed by atoms with Crippen molar-refractivity contribution in [2.75, 3.05) is 37.6 Å². The molecule has 2 aromatic rings. The molecule has 31 heavy (non-hydrogen) atoms. The van der Waals surface area contributed by atoms with E-state index in [9.17, 15) is 18.4 Å². The molecule has 6 nitrogen and oxygen atoms in total. The lowest BCUT2D eigenvalue weighted by molar-refractivity contribution is -0.120. The number of hydrogen-bond donors (Lipinski definition) is 1. The van der Waals surface area contributed by atoms with E-state index in [4.69, 9.17) is 0 Å². The second-order valence-electron chi connectivity index (χ2n) is 9.23. The van der Waals surface area contributed by atoms with Crippen LogP contribution < -0.4 is 15.8 Å². The fourth-order valence-corrected chi connectivity index (χ4v) is 4.50. The zero-order valence-corrected chi connectivity index (χ0v) is 18.1. The Kier molecular flexibility index (Phi) is 5.70. The largest absolute Gasteiger partial charge is 0.312 e. The standard InChI is InChI=1S/C23H28F2N4O2/c1-15-10-27(7-6-26-15)13-22(31)29-14-23(2,3)18-9-21(30)28(12-20(18)29)11-16-4-5-17(24)8-19(16)25/h4-5,8-9,12,15,26H,6-7,10-11,13-14H2,1-3H3/t15-/m1/s1. The summed E-state index contributed by atoms with van der Waals surface area (Å²) in [5.41, 5.74) is 1.08. The summed E-state index contributed by atoms with van der Waals surface area (Å²) >= 11 is 0. The zero-order chi connectivity index (χ0) is 22.3. The molecule has 1 N–H and O–H groups in total. The smallest absolute Gasteiger partial charge is 0.251 e. The van der Waals surface area contributed by atoms with Gasteiger partial charge in [0.25, 0.3) is 5.56 Å². The number of fused-ring (bicyclic) bond motifs is 1. The monoisotopic (exact) mass is 430 g/mol. The van der Waals surface area contributed by atoms with Crippen molar-refractivity contribution in [1.29, 1.82) is 0 Å². The van der Waals surface area contributed by atoms with Gasteiger partial charge in [-0.15, -0.1) is 0 Å². The molecule has 8 heteroatoms. The summed E-state index contributed by atoms with van der Waals surface area (Å²) in [6.07, 6.45) is 1.63. The second kappa shape index (κ2) is 8.16. The number of anilines is 1. The van der Waals surface area contributed by atoms with Crippen molar-refractivity contribution in [2.45, 2.75) is 38.8 Å². The molecular formula is C23H28F2N4O2. The van der Waals surface area contributed by atoms with E-state index in [2.05, 4.69) is 17.1 Å². The number of hydrogen-bond acceptors (Lipinski definition) is 4. The number of carbonyl (C=O) groups excluding carboxylic acids is 1. The lowest BCUT2D eigenvalue weighted by Gasteiger charge is -2.32. The molecule has 1 fully saturated rings. The van der Waals surface area contributed by atoms with Crippen molar-refractivity contribution in [1.82, 2.24) is 14.8 Å². The third-order valence-electron chi connectivity index (χ3n) is 6.15. The fraction of sp³-hybridized carbons (Fsp3) is 0.478. The first kappa shape index (κ1) is 21.6. The lowest BCUT2D eigenvalue weighted by Crippen LogP contribution is -2.52. The van der Waals surface area contributed by atoms with Crippen molar-refractivity contribution in [3.05, 3.63) is 63.6 Å². The molecule has 2 aliphatic heterocycles. The maximum atomic E-state index is 14.1. The van der Waals surface area contributed by atoms with Crippen molar-refractivity contribution < 1.29 is 13.6 Å². The van der Waals surface area contributed by atoms with Gasteiger partial charge in [0.1, 0.15) is 11.6 Å². The molecule has 3 heterocycles. The number of halogens is 2. The number of amides is 1. The van der Waals surface area contributed by atoms with Crippen LogP contribution >= 0.6 is 0 Å². The number of aromatic nitrogens is 1. The van der Waals surface area contributed by atoms with E-state index in [0.717, 1.165) is 31.3 Å². The summed E-state index contributed by atoms with van der Waals surface area (Å²) in [4.78, 5) is 29.8. The second-order valence-corrected chi connectivity index (χ2v) is 9.23. The molecule has 1 amide bonds. The van der Waals surface area contributed by atoms with Crippen LogP contribution in [-0.4, -0.2) is 54.1 Å². The van der Waals surface area contributed by atoms with Crippen LogP contribution in [0.4, 0.5) is 14.5 Å². The Morgan fingerprint density at radius 3 is 2.74 bits per heavy atom. The molecule has 0 bridgehead atoms. The topological polar surface area (TPSA) is 57.6 Å². The Labute approximate surface area is 180 Å². The molecule has 1 atom stereocenters. The fourth-order valence-electron chi connectivity index (χ4n) is 4.50. The predicted octanol–water partition coefficient (Wildman–Crippen LogP) is 2.09. The highest BCUT2D eigenvalue weighted by atomic mass is 19.1. The summed E-state index contributed by atoms with van der Waals surface area (Å²) in [7, 11) is 0. The third-order valence-corrected chi connectivity index (χ3v) is 6.15. The van der Waals surface area contributed by atoms with Gasteiger partial charge in [0.05, 0.1) is 18.8 Å². The molecule has 0 saturated carbocycles. The summed E-state index contributed by atoms with van der Waals surface area (Å²) in [5, 5.41) is 3.37. The highest BCUT2D eigenvalue weighted by molar-refractivity contribution is 5.97. The molecule has 0 spiro atoms. The van der Waals surface area contributed by atoms with Gasteiger partial charge in [0.15, 0.2) is 0 Å². The summed E-state index contributed by atoms with van der Waals surface area (Å²) in [6.45, 7) is 9.34. The minimum absolute atomic E-state index is 0.0147. The van der Waals surface area contributed by atoms with E-state index in [1.165, 1.54) is 22.8 Å². The Hall–Kier alpha value is -2.58. The van der Waals surface area contributed by atoms with E-state index in [1.807, 2.05) is 13.8 Å². The average Bonchev–Trinajstić information content (AvgIpc) is 2.95. The van der Waals surface area contributed by atoms with Crippen LogP contribution in [0.5, 0.6) is 0 Å². The zero-order valence-electron chi connectivity index (χ0n) is 18.1. The minimum atomic E-state index is -0.700. The van der Waals surface area contributed by atoms with Gasteiger partial charge < -0.3 is 14.8 Å². The number of rotatable bonds is 4. The number of nitrogens with zero attached hydrogens (tertiary/aromatic N) is 3. The Balaban J connectivity index is 1.63. The van der Waals surface area contributed by atoms with Gasteiger partial charge in [0.2, 0.25) is 5.91 Å². The number of carbonyl (C=O) groups is 1. The first-order valence-corrected chi connectivity index (χ1v) is 10.6. The molecule has 0 aliphatic carbocycles. The first-order valence-electron chi connectivity index (χ1n) is 10.6. The number of piperazine rings is 1. The van der Waals surface area contributed by atoms with Crippen LogP contribution in [0.1, 0.15) is 31.9 Å². The van der Waals surface area contributed by atoms with Gasteiger partial charge in [-0.3, -0.25) is 14.5 Å². The molecule has 1 aromatic carbocycles. The van der Waals surface area contributed by atoms with Gasteiger partial charge >= 0.3 is 0 Å². The minimum Gasteiger partial charge on any atom is -0.312 e. The van der Waals surface area contributed by atoms with Gasteiger partial charge in [0, 0.05) is 61.5 Å². The highest BCUT2D eigenvalue weighted by Gasteiger charge is 2.39. The molecule has 0 unspecified atom stereocenters. The van der Waals surface area contributed by atoms with Crippen LogP contribution in [0, 0.1) is 11.6 Å². The van der Waals surface area contributed by atoms with Crippen LogP contribution in [0.3, 0.4) is 0 Å². The normalized spacial score (nSPS) is 20.7. The summed E-state index contributed by atoms with van der Waals surface area (Å²) in [5.74, 6) is -1.38. The lowest BCUT2D eigenvalue weighted by atomic mass is 9.87. The van der Waals surface area contributed by atoms with Crippen molar-refractivity contribution in [3.8, 4) is 0 Å². The van der Waals surface area contributed by atoms with Crippen molar-refractivity contribution in [2.24, 2.45) is 0 Å². The SMILES string of the molecule is C[C@@H]1CN(CC(=O)N2CC(C)(C)c3cc(=O)n(Cc4ccc(F)cc4F)cc32)CCN1. The third kappa shape index (κ3) is 4.41. The van der Waals surface area contributed by atoms with E-state index in [1.54, 1.807) is 11.1 Å². The highest BCUT2D eigenvalue weighted by Crippen LogP contribution is 2.39. The molecule has 166 valence electrons. The van der Waals surface area contributed by atoms with Crippen LogP contribution in [0.25, 0.3) is 0 Å². The van der Waals surface area contributed by atoms with Crippen molar-refractivity contribution >= 4 is 11.6 Å². The summed E-state index contributed by atoms with van der Waals surface area (Å²) < 4.78 is 28.7. The molecular weight excluding hydrogens is 402 g/mol. The Morgan fingerprint density at radius 1 is 1.26 bits per heavy atom. The molecule has 1 saturated heterocycles. The van der Waals surface area contributed by atoms with E-state index < -0.39 is 11.6 Å². The van der Waals surface area contributed by atoms with Gasteiger partial charge in [-0.2, -0.15) is 0 Å². The van der Waals surface area contributed by atoms with E-state index in [-0.39, 0.29) is 29.0 Å². The van der Waals surface area contributed by atoms with E-state index >= 15 is 0 Å². The predicted molar refractivity (Wildman–Crippen MR) is 115 cm³/mol. The molecule has 0 radical (unpaired) electrons. The maximum Gasteiger partial charge on any atom is 0.251 e. The summed E-state index contributed by atoms with van der Waals surface area (Å²) in [6, 6.07) is 5.19. The number of nitrogens with one attached hydrogen (secondary N) is 1. The van der Waals surface area contributed by atoms with Crippen LogP contribution in [-0.2, 0) is 16.8 Å². The van der Waals surface area contributed by atoms with Crippen LogP contribution in [0.15, 0.2) is 35.3 Å². The van der Waals surface area contributed by atoms with Gasteiger partial charge in [-0.1, -0.05) is 19.9 Å². The van der Waals surface area contributed by atoms with Gasteiger partial charge in [-0.05, 0) is 18.6 Å². The van der Waals surface area contributed by atoms with Crippen LogP contribution in [0.2, 0.25) is 0 Å². The number of benzene rings is 1. The van der Waals surface area contributed by atoms with Gasteiger partial charge in [-0.25, -0.2) is 8.78 Å². The maximum absolute atomic E-state index is 14.1. The Morgan fingerprint density at radius 2 is 2.03 bits per heavy atom. The molecule has 4 rings (SSSR count). The molecule has 2 aliphatic rings. The quantitative estimate of drug-likeness (QED) is 0.807. The first-order chi connectivity index (χ1) is 14.6.